The van der Waals surface area contributed by atoms with Crippen molar-refractivity contribution in [3.63, 3.8) is 0 Å². The number of anilines is 1. The molecule has 0 spiro atoms. The number of carbonyl (C=O) groups is 1. The van der Waals surface area contributed by atoms with Crippen LogP contribution >= 0.6 is 23.2 Å². The maximum Gasteiger partial charge on any atom is 0.272 e. The Labute approximate surface area is 197 Å². The van der Waals surface area contributed by atoms with Gasteiger partial charge < -0.3 is 9.64 Å². The van der Waals surface area contributed by atoms with Crippen LogP contribution < -0.4 is 15.1 Å². The minimum absolute atomic E-state index is 0.198. The summed E-state index contributed by atoms with van der Waals surface area (Å²) in [5.74, 6) is 0.254. The molecule has 0 unspecified atom stereocenters. The molecular weight excluding hydrogens is 447 g/mol. The Bertz CT molecular complexity index is 1070. The number of hydrazone groups is 1. The summed E-state index contributed by atoms with van der Waals surface area (Å²) in [7, 11) is 0. The Morgan fingerprint density at radius 2 is 1.88 bits per heavy atom. The zero-order valence-electron chi connectivity index (χ0n) is 17.9. The Morgan fingerprint density at radius 3 is 2.53 bits per heavy atom. The Hall–Kier alpha value is -3.09. The average molecular weight is 471 g/mol. The van der Waals surface area contributed by atoms with Gasteiger partial charge in [0.15, 0.2) is 0 Å². The van der Waals surface area contributed by atoms with Crippen molar-refractivity contribution in [2.24, 2.45) is 5.10 Å². The zero-order chi connectivity index (χ0) is 22.9. The number of ether oxygens (including phenoxy) is 1. The number of amides is 1. The van der Waals surface area contributed by atoms with Gasteiger partial charge in [-0.1, -0.05) is 29.3 Å². The van der Waals surface area contributed by atoms with Crippen LogP contribution in [0.3, 0.4) is 0 Å². The summed E-state index contributed by atoms with van der Waals surface area (Å²) < 4.78 is 6.10. The predicted molar refractivity (Wildman–Crippen MR) is 130 cm³/mol. The van der Waals surface area contributed by atoms with E-state index in [0.717, 1.165) is 18.8 Å². The van der Waals surface area contributed by atoms with Crippen LogP contribution in [0, 0.1) is 0 Å². The number of pyridine rings is 1. The Morgan fingerprint density at radius 1 is 1.12 bits per heavy atom. The van der Waals surface area contributed by atoms with E-state index in [0.29, 0.717) is 32.5 Å². The molecule has 3 aromatic rings. The quantitative estimate of drug-likeness (QED) is 0.327. The maximum absolute atomic E-state index is 12.2. The molecule has 1 N–H and O–H groups in total. The van der Waals surface area contributed by atoms with Crippen LogP contribution in [-0.2, 0) is 6.61 Å². The van der Waals surface area contributed by atoms with E-state index in [9.17, 15) is 4.79 Å². The van der Waals surface area contributed by atoms with E-state index in [4.69, 9.17) is 27.9 Å². The van der Waals surface area contributed by atoms with E-state index >= 15 is 0 Å². The van der Waals surface area contributed by atoms with Crippen molar-refractivity contribution in [2.45, 2.75) is 20.5 Å². The third-order valence-corrected chi connectivity index (χ3v) is 5.56. The molecule has 0 aliphatic rings. The van der Waals surface area contributed by atoms with Crippen LogP contribution in [0.25, 0.3) is 0 Å². The SMILES string of the molecule is CCN(CC)c1ccc(C=NNC(=O)c2cccnc2)c(OCc2c(Cl)cccc2Cl)c1. The lowest BCUT2D eigenvalue weighted by molar-refractivity contribution is 0.0954. The topological polar surface area (TPSA) is 66.8 Å². The molecule has 0 aliphatic carbocycles. The molecule has 3 rings (SSSR count). The van der Waals surface area contributed by atoms with E-state index in [1.807, 2.05) is 18.2 Å². The van der Waals surface area contributed by atoms with Gasteiger partial charge in [0, 0.05) is 58.4 Å². The van der Waals surface area contributed by atoms with Gasteiger partial charge in [-0.25, -0.2) is 5.43 Å². The van der Waals surface area contributed by atoms with Gasteiger partial charge in [-0.05, 0) is 50.2 Å². The van der Waals surface area contributed by atoms with Gasteiger partial charge in [0.05, 0.1) is 11.8 Å². The summed E-state index contributed by atoms with van der Waals surface area (Å²) in [5.41, 5.74) is 5.36. The molecular formula is C24H24Cl2N4O2. The molecule has 0 radical (unpaired) electrons. The third-order valence-electron chi connectivity index (χ3n) is 4.85. The van der Waals surface area contributed by atoms with Gasteiger partial charge in [-0.2, -0.15) is 5.10 Å². The van der Waals surface area contributed by atoms with Gasteiger partial charge >= 0.3 is 0 Å². The van der Waals surface area contributed by atoms with Crippen LogP contribution in [0.5, 0.6) is 5.75 Å². The van der Waals surface area contributed by atoms with Crippen LogP contribution in [0.1, 0.15) is 35.3 Å². The summed E-state index contributed by atoms with van der Waals surface area (Å²) >= 11 is 12.6. The molecule has 0 fully saturated rings. The van der Waals surface area contributed by atoms with Crippen LogP contribution in [0.4, 0.5) is 5.69 Å². The molecule has 0 atom stereocenters. The number of hydrogen-bond donors (Lipinski definition) is 1. The summed E-state index contributed by atoms with van der Waals surface area (Å²) in [6, 6.07) is 14.5. The number of hydrogen-bond acceptors (Lipinski definition) is 5. The first-order valence-corrected chi connectivity index (χ1v) is 11.0. The van der Waals surface area contributed by atoms with E-state index < -0.39 is 0 Å². The number of halogens is 2. The third kappa shape index (κ3) is 5.99. The van der Waals surface area contributed by atoms with Gasteiger partial charge in [-0.3, -0.25) is 9.78 Å². The van der Waals surface area contributed by atoms with Crippen molar-refractivity contribution >= 4 is 41.0 Å². The highest BCUT2D eigenvalue weighted by molar-refractivity contribution is 6.35. The smallest absolute Gasteiger partial charge is 0.272 e. The Balaban J connectivity index is 1.83. The van der Waals surface area contributed by atoms with Crippen molar-refractivity contribution in [3.05, 3.63) is 87.7 Å². The highest BCUT2D eigenvalue weighted by Gasteiger charge is 2.11. The lowest BCUT2D eigenvalue weighted by Gasteiger charge is -2.22. The monoisotopic (exact) mass is 470 g/mol. The van der Waals surface area contributed by atoms with E-state index in [2.05, 4.69) is 34.3 Å². The molecule has 1 amide bonds. The lowest BCUT2D eigenvalue weighted by atomic mass is 10.1. The van der Waals surface area contributed by atoms with Gasteiger partial charge in [0.2, 0.25) is 0 Å². The molecule has 0 saturated carbocycles. The second kappa shape index (κ2) is 11.5. The first-order valence-electron chi connectivity index (χ1n) is 10.2. The summed E-state index contributed by atoms with van der Waals surface area (Å²) in [6.07, 6.45) is 4.63. The van der Waals surface area contributed by atoms with Crippen molar-refractivity contribution < 1.29 is 9.53 Å². The molecule has 8 heteroatoms. The zero-order valence-corrected chi connectivity index (χ0v) is 19.4. The first-order chi connectivity index (χ1) is 15.5. The molecule has 0 aliphatic heterocycles. The maximum atomic E-state index is 12.2. The van der Waals surface area contributed by atoms with Crippen LogP contribution in [0.15, 0.2) is 66.0 Å². The summed E-state index contributed by atoms with van der Waals surface area (Å²) in [4.78, 5) is 18.3. The lowest BCUT2D eigenvalue weighted by Crippen LogP contribution is -2.22. The fraction of sp³-hybridized carbons (Fsp3) is 0.208. The molecule has 6 nitrogen and oxygen atoms in total. The fourth-order valence-corrected chi connectivity index (χ4v) is 3.59. The van der Waals surface area contributed by atoms with E-state index in [-0.39, 0.29) is 12.5 Å². The highest BCUT2D eigenvalue weighted by atomic mass is 35.5. The van der Waals surface area contributed by atoms with Gasteiger partial charge in [-0.15, -0.1) is 0 Å². The molecule has 2 aromatic carbocycles. The van der Waals surface area contributed by atoms with E-state index in [1.54, 1.807) is 42.7 Å². The largest absolute Gasteiger partial charge is 0.488 e. The number of benzene rings is 2. The van der Waals surface area contributed by atoms with Crippen molar-refractivity contribution in [2.75, 3.05) is 18.0 Å². The normalized spacial score (nSPS) is 10.9. The summed E-state index contributed by atoms with van der Waals surface area (Å²) in [6.45, 7) is 6.11. The number of nitrogens with one attached hydrogen (secondary N) is 1. The fourth-order valence-electron chi connectivity index (χ4n) is 3.08. The van der Waals surface area contributed by atoms with Crippen LogP contribution in [-0.4, -0.2) is 30.2 Å². The number of aromatic nitrogens is 1. The molecule has 32 heavy (non-hydrogen) atoms. The van der Waals surface area contributed by atoms with Crippen molar-refractivity contribution in [3.8, 4) is 5.75 Å². The minimum atomic E-state index is -0.348. The molecule has 166 valence electrons. The highest BCUT2D eigenvalue weighted by Crippen LogP contribution is 2.29. The molecule has 1 heterocycles. The molecule has 0 bridgehead atoms. The number of rotatable bonds is 9. The minimum Gasteiger partial charge on any atom is -0.488 e. The summed E-state index contributed by atoms with van der Waals surface area (Å²) in [5, 5.41) is 5.16. The standard InChI is InChI=1S/C24H24Cl2N4O2/c1-3-30(4-2)19-11-10-17(15-28-29-24(31)18-7-6-12-27-14-18)23(13-19)32-16-20-21(25)8-5-9-22(20)26/h5-15H,3-4,16H2,1-2H3,(H,29,31). The van der Waals surface area contributed by atoms with Crippen molar-refractivity contribution in [1.82, 2.24) is 10.4 Å². The van der Waals surface area contributed by atoms with Crippen LogP contribution in [0.2, 0.25) is 10.0 Å². The molecule has 1 aromatic heterocycles. The number of nitrogens with zero attached hydrogens (tertiary/aromatic N) is 3. The first kappa shape index (κ1) is 23.6. The van der Waals surface area contributed by atoms with Crippen molar-refractivity contribution in [1.29, 1.82) is 0 Å². The second-order valence-electron chi connectivity index (χ2n) is 6.82. The average Bonchev–Trinajstić information content (AvgIpc) is 2.81. The second-order valence-corrected chi connectivity index (χ2v) is 7.64. The van der Waals surface area contributed by atoms with Gasteiger partial charge in [0.25, 0.3) is 5.91 Å². The molecule has 0 saturated heterocycles. The predicted octanol–water partition coefficient (Wildman–Crippen LogP) is 5.58. The van der Waals surface area contributed by atoms with Gasteiger partial charge in [0.1, 0.15) is 12.4 Å². The Kier molecular flexibility index (Phi) is 8.48. The number of carbonyl (C=O) groups excluding carboxylic acids is 1. The van der Waals surface area contributed by atoms with E-state index in [1.165, 1.54) is 6.20 Å².